The maximum Gasteiger partial charge on any atom is 0.255 e. The third-order valence-electron chi connectivity index (χ3n) is 5.66. The molecule has 3 aromatic rings. The average Bonchev–Trinajstić information content (AvgIpc) is 2.84. The summed E-state index contributed by atoms with van der Waals surface area (Å²) < 4.78 is 27.8. The van der Waals surface area contributed by atoms with Gasteiger partial charge in [0.25, 0.3) is 5.91 Å². The van der Waals surface area contributed by atoms with Crippen LogP contribution in [0.3, 0.4) is 0 Å². The Morgan fingerprint density at radius 3 is 2.55 bits per heavy atom. The smallest absolute Gasteiger partial charge is 0.255 e. The molecule has 170 valence electrons. The fraction of sp³-hybridized carbons (Fsp3) is 0.231. The van der Waals surface area contributed by atoms with Crippen LogP contribution in [0.5, 0.6) is 0 Å². The van der Waals surface area contributed by atoms with Gasteiger partial charge in [0.1, 0.15) is 0 Å². The lowest BCUT2D eigenvalue weighted by Gasteiger charge is -2.26. The van der Waals surface area contributed by atoms with Crippen LogP contribution in [0.1, 0.15) is 46.4 Å². The predicted molar refractivity (Wildman–Crippen MR) is 131 cm³/mol. The zero-order valence-corrected chi connectivity index (χ0v) is 19.4. The predicted octanol–water partition coefficient (Wildman–Crippen LogP) is 4.99. The number of pyridine rings is 1. The van der Waals surface area contributed by atoms with Crippen LogP contribution in [-0.4, -0.2) is 36.7 Å². The summed E-state index contributed by atoms with van der Waals surface area (Å²) in [7, 11) is -3.62. The Kier molecular flexibility index (Phi) is 7.01. The molecule has 7 heteroatoms. The number of anilines is 1. The van der Waals surface area contributed by atoms with Crippen molar-refractivity contribution in [2.45, 2.75) is 31.1 Å². The highest BCUT2D eigenvalue weighted by Crippen LogP contribution is 2.25. The van der Waals surface area contributed by atoms with E-state index < -0.39 is 10.0 Å². The minimum absolute atomic E-state index is 0.198. The molecule has 2 aromatic carbocycles. The van der Waals surface area contributed by atoms with Crippen molar-refractivity contribution in [3.8, 4) is 0 Å². The third-order valence-corrected chi connectivity index (χ3v) is 7.70. The van der Waals surface area contributed by atoms with Crippen molar-refractivity contribution in [2.75, 3.05) is 18.4 Å². The van der Waals surface area contributed by atoms with Crippen molar-refractivity contribution in [3.63, 3.8) is 0 Å². The first kappa shape index (κ1) is 22.9. The number of amides is 1. The summed E-state index contributed by atoms with van der Waals surface area (Å²) in [5.41, 5.74) is 3.33. The van der Waals surface area contributed by atoms with E-state index in [2.05, 4.69) is 10.3 Å². The van der Waals surface area contributed by atoms with Crippen LogP contribution in [0.25, 0.3) is 12.2 Å². The van der Waals surface area contributed by atoms with E-state index in [0.717, 1.165) is 30.5 Å². The Morgan fingerprint density at radius 1 is 0.970 bits per heavy atom. The molecule has 0 unspecified atom stereocenters. The zero-order valence-electron chi connectivity index (χ0n) is 18.6. The van der Waals surface area contributed by atoms with Crippen LogP contribution in [0.15, 0.2) is 71.8 Å². The van der Waals surface area contributed by atoms with E-state index in [9.17, 15) is 13.2 Å². The number of benzene rings is 2. The number of hydrogen-bond donors (Lipinski definition) is 1. The topological polar surface area (TPSA) is 79.4 Å². The number of piperidine rings is 1. The Balaban J connectivity index is 1.52. The van der Waals surface area contributed by atoms with Crippen LogP contribution < -0.4 is 5.32 Å². The monoisotopic (exact) mass is 461 g/mol. The molecule has 0 aliphatic carbocycles. The lowest BCUT2D eigenvalue weighted by molar-refractivity contribution is 0.102. The van der Waals surface area contributed by atoms with Crippen molar-refractivity contribution in [1.82, 2.24) is 9.29 Å². The number of aryl methyl sites for hydroxylation is 1. The first-order chi connectivity index (χ1) is 15.9. The summed E-state index contributed by atoms with van der Waals surface area (Å²) in [5.74, 6) is -0.351. The second-order valence-electron chi connectivity index (χ2n) is 8.11. The molecular weight excluding hydrogens is 434 g/mol. The lowest BCUT2D eigenvalue weighted by Crippen LogP contribution is -2.36. The summed E-state index contributed by atoms with van der Waals surface area (Å²) >= 11 is 0. The molecule has 1 aromatic heterocycles. The molecule has 0 spiro atoms. The Labute approximate surface area is 195 Å². The molecule has 2 heterocycles. The summed E-state index contributed by atoms with van der Waals surface area (Å²) in [6.07, 6.45) is 8.33. The lowest BCUT2D eigenvalue weighted by atomic mass is 10.1. The largest absolute Gasteiger partial charge is 0.322 e. The molecule has 0 bridgehead atoms. The van der Waals surface area contributed by atoms with Crippen molar-refractivity contribution in [1.29, 1.82) is 0 Å². The van der Waals surface area contributed by atoms with Crippen LogP contribution in [0, 0.1) is 6.92 Å². The van der Waals surface area contributed by atoms with Crippen LogP contribution in [0.4, 0.5) is 5.69 Å². The first-order valence-corrected chi connectivity index (χ1v) is 12.5. The molecule has 0 atom stereocenters. The molecule has 1 aliphatic rings. The van der Waals surface area contributed by atoms with Crippen LogP contribution in [0.2, 0.25) is 0 Å². The highest BCUT2D eigenvalue weighted by Gasteiger charge is 2.28. The molecule has 6 nitrogen and oxygen atoms in total. The first-order valence-electron chi connectivity index (χ1n) is 11.0. The standard InChI is InChI=1S/C26H27N3O3S/c1-20-11-13-22(19-25(20)33(31,32)29-16-5-2-6-17-29)26(30)28-24-10-7-8-21(18-24)12-14-23-9-3-4-15-27-23/h3-4,7-15,18-19H,2,5-6,16-17H2,1H3,(H,28,30)/b14-12+. The highest BCUT2D eigenvalue weighted by molar-refractivity contribution is 7.89. The van der Waals surface area contributed by atoms with Gasteiger partial charge in [-0.2, -0.15) is 4.31 Å². The van der Waals surface area contributed by atoms with Gasteiger partial charge in [-0.25, -0.2) is 8.42 Å². The van der Waals surface area contributed by atoms with Crippen LogP contribution in [-0.2, 0) is 10.0 Å². The maximum atomic E-state index is 13.2. The van der Waals surface area contributed by atoms with Gasteiger partial charge in [0.15, 0.2) is 0 Å². The summed E-state index contributed by atoms with van der Waals surface area (Å²) in [6, 6.07) is 18.0. The molecule has 1 fully saturated rings. The second-order valence-corrected chi connectivity index (χ2v) is 10.0. The van der Waals surface area contributed by atoms with Gasteiger partial charge in [-0.05, 0) is 73.4 Å². The van der Waals surface area contributed by atoms with Crippen molar-refractivity contribution in [2.24, 2.45) is 0 Å². The average molecular weight is 462 g/mol. The second kappa shape index (κ2) is 10.1. The summed E-state index contributed by atoms with van der Waals surface area (Å²) in [5, 5.41) is 2.88. The molecule has 33 heavy (non-hydrogen) atoms. The van der Waals surface area contributed by atoms with E-state index in [1.807, 2.05) is 48.6 Å². The fourth-order valence-electron chi connectivity index (χ4n) is 3.84. The molecule has 1 saturated heterocycles. The van der Waals surface area contributed by atoms with Gasteiger partial charge in [0.2, 0.25) is 10.0 Å². The van der Waals surface area contributed by atoms with Crippen molar-refractivity contribution < 1.29 is 13.2 Å². The Bertz CT molecular complexity index is 1260. The number of rotatable bonds is 6. The van der Waals surface area contributed by atoms with Gasteiger partial charge >= 0.3 is 0 Å². The highest BCUT2D eigenvalue weighted by atomic mass is 32.2. The summed E-state index contributed by atoms with van der Waals surface area (Å²) in [6.45, 7) is 2.81. The normalized spacial score (nSPS) is 14.9. The number of nitrogens with one attached hydrogen (secondary N) is 1. The number of aromatic nitrogens is 1. The van der Waals surface area contributed by atoms with Gasteiger partial charge in [-0.1, -0.05) is 36.8 Å². The van der Waals surface area contributed by atoms with Crippen LogP contribution >= 0.6 is 0 Å². The Morgan fingerprint density at radius 2 is 1.79 bits per heavy atom. The van der Waals surface area contributed by atoms with E-state index >= 15 is 0 Å². The van der Waals surface area contributed by atoms with Gasteiger partial charge in [0.05, 0.1) is 10.6 Å². The molecule has 1 amide bonds. The van der Waals surface area contributed by atoms with E-state index in [-0.39, 0.29) is 10.8 Å². The third kappa shape index (κ3) is 5.56. The van der Waals surface area contributed by atoms with Crippen molar-refractivity contribution in [3.05, 3.63) is 89.2 Å². The Hall–Kier alpha value is -3.29. The maximum absolute atomic E-state index is 13.2. The molecule has 0 saturated carbocycles. The minimum atomic E-state index is -3.62. The molecule has 4 rings (SSSR count). The number of carbonyl (C=O) groups is 1. The van der Waals surface area contributed by atoms with Crippen molar-refractivity contribution >= 4 is 33.8 Å². The molecule has 1 N–H and O–H groups in total. The minimum Gasteiger partial charge on any atom is -0.322 e. The van der Waals surface area contributed by atoms with E-state index in [4.69, 9.17) is 0 Å². The van der Waals surface area contributed by atoms with Gasteiger partial charge in [0, 0.05) is 30.5 Å². The quantitative estimate of drug-likeness (QED) is 0.561. The van der Waals surface area contributed by atoms with Gasteiger partial charge in [-0.3, -0.25) is 9.78 Å². The number of nitrogens with zero attached hydrogens (tertiary/aromatic N) is 2. The van der Waals surface area contributed by atoms with E-state index in [1.165, 1.54) is 10.4 Å². The zero-order chi connectivity index (χ0) is 23.3. The van der Waals surface area contributed by atoms with E-state index in [1.54, 1.807) is 31.3 Å². The SMILES string of the molecule is Cc1ccc(C(=O)Nc2cccc(/C=C/c3ccccn3)c2)cc1S(=O)(=O)N1CCCCC1. The van der Waals surface area contributed by atoms with Gasteiger partial charge < -0.3 is 5.32 Å². The number of hydrogen-bond acceptors (Lipinski definition) is 4. The number of sulfonamides is 1. The summed E-state index contributed by atoms with van der Waals surface area (Å²) in [4.78, 5) is 17.4. The molecular formula is C26H27N3O3S. The number of carbonyl (C=O) groups excluding carboxylic acids is 1. The molecule has 0 radical (unpaired) electrons. The fourth-order valence-corrected chi connectivity index (χ4v) is 5.61. The van der Waals surface area contributed by atoms with Gasteiger partial charge in [-0.15, -0.1) is 0 Å². The molecule has 1 aliphatic heterocycles. The van der Waals surface area contributed by atoms with E-state index in [0.29, 0.717) is 29.9 Å².